The van der Waals surface area contributed by atoms with Crippen LogP contribution in [0.4, 0.5) is 0 Å². The summed E-state index contributed by atoms with van der Waals surface area (Å²) in [5.74, 6) is -0.980. The molecule has 0 saturated heterocycles. The summed E-state index contributed by atoms with van der Waals surface area (Å²) in [6.07, 6.45) is 0.620. The number of carbonyl (C=O) groups excluding carboxylic acids is 2. The normalized spacial score (nSPS) is 13.1. The molecule has 0 saturated carbocycles. The van der Waals surface area contributed by atoms with Crippen LogP contribution >= 0.6 is 11.3 Å². The number of likely N-dealkylation sites (N-methyl/N-ethyl adjacent to an activating group) is 1. The van der Waals surface area contributed by atoms with Crippen LogP contribution in [0.1, 0.15) is 42.8 Å². The van der Waals surface area contributed by atoms with Gasteiger partial charge in [-0.3, -0.25) is 9.59 Å². The molecular formula is C22H24N2O3S. The topological polar surface area (TPSA) is 59.5 Å². The predicted octanol–water partition coefficient (Wildman–Crippen LogP) is 4.55. The van der Waals surface area contributed by atoms with Crippen molar-refractivity contribution in [2.45, 2.75) is 32.2 Å². The van der Waals surface area contributed by atoms with Crippen LogP contribution in [0.25, 0.3) is 10.2 Å². The second kappa shape index (κ2) is 8.97. The number of aromatic nitrogens is 1. The van der Waals surface area contributed by atoms with Gasteiger partial charge < -0.3 is 9.64 Å². The summed E-state index contributed by atoms with van der Waals surface area (Å²) in [7, 11) is 1.71. The molecule has 146 valence electrons. The minimum Gasteiger partial charge on any atom is -0.455 e. The monoisotopic (exact) mass is 396 g/mol. The molecule has 0 radical (unpaired) electrons. The van der Waals surface area contributed by atoms with Crippen LogP contribution in [0.5, 0.6) is 0 Å². The van der Waals surface area contributed by atoms with Gasteiger partial charge in [-0.15, -0.1) is 11.3 Å². The van der Waals surface area contributed by atoms with E-state index in [1.165, 1.54) is 0 Å². The van der Waals surface area contributed by atoms with Crippen molar-refractivity contribution in [1.82, 2.24) is 9.88 Å². The van der Waals surface area contributed by atoms with Crippen LogP contribution in [0.3, 0.4) is 0 Å². The van der Waals surface area contributed by atoms with Gasteiger partial charge in [0.05, 0.1) is 22.2 Å². The number of thiazole rings is 1. The molecule has 2 atom stereocenters. The zero-order chi connectivity index (χ0) is 20.1. The first-order valence-electron chi connectivity index (χ1n) is 9.34. The molecule has 0 bridgehead atoms. The molecule has 3 aromatic rings. The van der Waals surface area contributed by atoms with Gasteiger partial charge in [0.2, 0.25) is 0 Å². The molecule has 1 heterocycles. The summed E-state index contributed by atoms with van der Waals surface area (Å²) >= 11 is 1.57. The van der Waals surface area contributed by atoms with Crippen LogP contribution in [-0.4, -0.2) is 35.4 Å². The van der Waals surface area contributed by atoms with Crippen molar-refractivity contribution in [2.75, 3.05) is 13.7 Å². The van der Waals surface area contributed by atoms with Crippen molar-refractivity contribution in [3.05, 3.63) is 65.2 Å². The molecule has 0 aliphatic rings. The lowest BCUT2D eigenvalue weighted by molar-refractivity contribution is -0.153. The summed E-state index contributed by atoms with van der Waals surface area (Å²) in [5, 5.41) is 0.860. The number of rotatable bonds is 7. The minimum absolute atomic E-state index is 0.195. The Labute approximate surface area is 169 Å². The van der Waals surface area contributed by atoms with Crippen molar-refractivity contribution in [2.24, 2.45) is 0 Å². The summed E-state index contributed by atoms with van der Waals surface area (Å²) in [4.78, 5) is 31.2. The van der Waals surface area contributed by atoms with Crippen molar-refractivity contribution in [3.63, 3.8) is 0 Å². The fraction of sp³-hybridized carbons (Fsp3) is 0.318. The third-order valence-electron chi connectivity index (χ3n) is 4.87. The van der Waals surface area contributed by atoms with Gasteiger partial charge in [-0.05, 0) is 31.0 Å². The van der Waals surface area contributed by atoms with Gasteiger partial charge in [-0.2, -0.15) is 0 Å². The molecule has 1 amide bonds. The molecule has 3 rings (SSSR count). The van der Waals surface area contributed by atoms with Crippen LogP contribution in [0.2, 0.25) is 0 Å². The molecule has 2 aromatic carbocycles. The van der Waals surface area contributed by atoms with Crippen LogP contribution in [0.15, 0.2) is 54.6 Å². The van der Waals surface area contributed by atoms with E-state index in [4.69, 9.17) is 4.74 Å². The first kappa shape index (κ1) is 20.0. The Morgan fingerprint density at radius 3 is 2.46 bits per heavy atom. The molecule has 0 fully saturated rings. The zero-order valence-corrected chi connectivity index (χ0v) is 17.1. The predicted molar refractivity (Wildman–Crippen MR) is 111 cm³/mol. The van der Waals surface area contributed by atoms with Gasteiger partial charge in [0.25, 0.3) is 5.91 Å². The highest BCUT2D eigenvalue weighted by Crippen LogP contribution is 2.29. The Hall–Kier alpha value is -2.73. The lowest BCUT2D eigenvalue weighted by Gasteiger charge is -2.23. The van der Waals surface area contributed by atoms with E-state index in [0.29, 0.717) is 6.42 Å². The van der Waals surface area contributed by atoms with Crippen LogP contribution in [-0.2, 0) is 14.3 Å². The molecule has 0 unspecified atom stereocenters. The largest absolute Gasteiger partial charge is 0.455 e. The number of amides is 1. The molecular weight excluding hydrogens is 372 g/mol. The van der Waals surface area contributed by atoms with E-state index in [9.17, 15) is 9.59 Å². The van der Waals surface area contributed by atoms with E-state index in [2.05, 4.69) is 4.98 Å². The molecule has 6 heteroatoms. The number of ether oxygens (including phenoxy) is 1. The first-order valence-corrected chi connectivity index (χ1v) is 10.2. The third-order valence-corrected chi connectivity index (χ3v) is 6.08. The Bertz CT molecular complexity index is 922. The third kappa shape index (κ3) is 4.39. The van der Waals surface area contributed by atoms with E-state index >= 15 is 0 Å². The molecule has 1 aromatic heterocycles. The Kier molecular flexibility index (Phi) is 6.41. The van der Waals surface area contributed by atoms with Gasteiger partial charge in [0.15, 0.2) is 6.61 Å². The fourth-order valence-corrected chi connectivity index (χ4v) is 4.07. The standard InChI is InChI=1S/C22H24N2O3S/c1-4-17(16-10-6-5-7-11-16)22(26)27-14-20(25)24(3)15(2)21-23-18-12-8-9-13-19(18)28-21/h5-13,15,17H,4,14H2,1-3H3/t15-,17-/m0/s1. The van der Waals surface area contributed by atoms with Gasteiger partial charge in [-0.1, -0.05) is 49.4 Å². The van der Waals surface area contributed by atoms with Crippen molar-refractivity contribution >= 4 is 33.4 Å². The Morgan fingerprint density at radius 2 is 1.79 bits per heavy atom. The Morgan fingerprint density at radius 1 is 1.11 bits per heavy atom. The molecule has 0 aliphatic carbocycles. The smallest absolute Gasteiger partial charge is 0.313 e. The number of nitrogens with zero attached hydrogens (tertiary/aromatic N) is 2. The highest BCUT2D eigenvalue weighted by Gasteiger charge is 2.24. The van der Waals surface area contributed by atoms with E-state index in [1.54, 1.807) is 23.3 Å². The van der Waals surface area contributed by atoms with Gasteiger partial charge in [0.1, 0.15) is 5.01 Å². The maximum atomic E-state index is 12.6. The summed E-state index contributed by atoms with van der Waals surface area (Å²) in [5.41, 5.74) is 1.83. The lowest BCUT2D eigenvalue weighted by atomic mass is 9.97. The summed E-state index contributed by atoms with van der Waals surface area (Å²) in [6, 6.07) is 17.2. The number of esters is 1. The average molecular weight is 397 g/mol. The van der Waals surface area contributed by atoms with Gasteiger partial charge >= 0.3 is 5.97 Å². The van der Waals surface area contributed by atoms with E-state index < -0.39 is 0 Å². The molecule has 0 aliphatic heterocycles. The average Bonchev–Trinajstić information content (AvgIpc) is 3.16. The van der Waals surface area contributed by atoms with Crippen LogP contribution < -0.4 is 0 Å². The number of para-hydroxylation sites is 1. The van der Waals surface area contributed by atoms with Gasteiger partial charge in [0, 0.05) is 7.05 Å². The molecule has 5 nitrogen and oxygen atoms in total. The van der Waals surface area contributed by atoms with Crippen molar-refractivity contribution in [3.8, 4) is 0 Å². The van der Waals surface area contributed by atoms with Crippen molar-refractivity contribution < 1.29 is 14.3 Å². The van der Waals surface area contributed by atoms with E-state index in [1.807, 2.05) is 68.4 Å². The second-order valence-electron chi connectivity index (χ2n) is 6.68. The number of carbonyl (C=O) groups is 2. The minimum atomic E-state index is -0.372. The quantitative estimate of drug-likeness (QED) is 0.550. The number of hydrogen-bond acceptors (Lipinski definition) is 5. The summed E-state index contributed by atoms with van der Waals surface area (Å²) in [6.45, 7) is 3.59. The SMILES string of the molecule is CC[C@H](C(=O)OCC(=O)N(C)[C@@H](C)c1nc2ccccc2s1)c1ccccc1. The molecule has 0 N–H and O–H groups in total. The van der Waals surface area contributed by atoms with E-state index in [0.717, 1.165) is 20.8 Å². The van der Waals surface area contributed by atoms with E-state index in [-0.39, 0.29) is 30.4 Å². The number of fused-ring (bicyclic) bond motifs is 1. The molecule has 28 heavy (non-hydrogen) atoms. The van der Waals surface area contributed by atoms with Gasteiger partial charge in [-0.25, -0.2) is 4.98 Å². The first-order chi connectivity index (χ1) is 13.5. The number of hydrogen-bond donors (Lipinski definition) is 0. The second-order valence-corrected chi connectivity index (χ2v) is 7.74. The summed E-state index contributed by atoms with van der Waals surface area (Å²) < 4.78 is 6.42. The highest BCUT2D eigenvalue weighted by atomic mass is 32.1. The maximum absolute atomic E-state index is 12.6. The lowest BCUT2D eigenvalue weighted by Crippen LogP contribution is -2.34. The fourth-order valence-electron chi connectivity index (χ4n) is 3.01. The number of benzene rings is 2. The molecule has 0 spiro atoms. The van der Waals surface area contributed by atoms with Crippen LogP contribution in [0, 0.1) is 0 Å². The maximum Gasteiger partial charge on any atom is 0.313 e. The Balaban J connectivity index is 1.61. The zero-order valence-electron chi connectivity index (χ0n) is 16.3. The van der Waals surface area contributed by atoms with Crippen molar-refractivity contribution in [1.29, 1.82) is 0 Å². The highest BCUT2D eigenvalue weighted by molar-refractivity contribution is 7.18.